The summed E-state index contributed by atoms with van der Waals surface area (Å²) >= 11 is 0. The minimum absolute atomic E-state index is 0.0869. The van der Waals surface area contributed by atoms with Gasteiger partial charge in [0.15, 0.2) is 0 Å². The Balaban J connectivity index is 1.15. The zero-order valence-electron chi connectivity index (χ0n) is 18.3. The molecule has 0 spiro atoms. The van der Waals surface area contributed by atoms with Crippen LogP contribution in [0.15, 0.2) is 36.5 Å². The lowest BCUT2D eigenvalue weighted by Crippen LogP contribution is -2.41. The van der Waals surface area contributed by atoms with Crippen molar-refractivity contribution < 1.29 is 4.79 Å². The van der Waals surface area contributed by atoms with Crippen LogP contribution in [0.5, 0.6) is 0 Å². The third kappa shape index (κ3) is 5.42. The van der Waals surface area contributed by atoms with Crippen molar-refractivity contribution in [1.29, 1.82) is 0 Å². The van der Waals surface area contributed by atoms with Crippen molar-refractivity contribution in [3.8, 4) is 0 Å². The van der Waals surface area contributed by atoms with Crippen LogP contribution in [0.25, 0.3) is 4.85 Å². The topological polar surface area (TPSA) is 52.8 Å². The Morgan fingerprint density at radius 1 is 1.19 bits per heavy atom. The van der Waals surface area contributed by atoms with Gasteiger partial charge in [0.1, 0.15) is 5.82 Å². The molecular weight excluding hydrogens is 386 g/mol. The highest BCUT2D eigenvalue weighted by atomic mass is 16.1. The molecule has 162 valence electrons. The molecule has 2 aliphatic rings. The Labute approximate surface area is 185 Å². The second-order valence-corrected chi connectivity index (χ2v) is 8.69. The van der Waals surface area contributed by atoms with E-state index in [1.54, 1.807) is 12.3 Å². The largest absolute Gasteiger partial charge is 0.357 e. The van der Waals surface area contributed by atoms with E-state index in [-0.39, 0.29) is 11.8 Å². The molecule has 2 aromatic rings. The van der Waals surface area contributed by atoms with Gasteiger partial charge in [0.05, 0.1) is 6.57 Å². The Hall–Kier alpha value is -2.91. The van der Waals surface area contributed by atoms with Gasteiger partial charge < -0.3 is 10.2 Å². The number of pyridine rings is 1. The van der Waals surface area contributed by atoms with E-state index in [2.05, 4.69) is 50.1 Å². The molecule has 2 aliphatic heterocycles. The molecule has 1 saturated heterocycles. The maximum Gasteiger partial charge on any atom is 0.223 e. The van der Waals surface area contributed by atoms with E-state index in [1.807, 2.05) is 6.07 Å². The van der Waals surface area contributed by atoms with E-state index in [1.165, 1.54) is 16.7 Å². The molecule has 1 N–H and O–H groups in total. The second kappa shape index (κ2) is 9.93. The van der Waals surface area contributed by atoms with Gasteiger partial charge in [-0.05, 0) is 49.8 Å². The van der Waals surface area contributed by atoms with Crippen molar-refractivity contribution in [3.05, 3.63) is 64.6 Å². The SMILES string of the molecule is [C-]#[N+]c1ccc(N2CCC(C(=O)NCCCN3CCc4cc(C)ccc4C3)CC2)nc1. The average Bonchev–Trinajstić information content (AvgIpc) is 2.82. The molecule has 6 heteroatoms. The van der Waals surface area contributed by atoms with Gasteiger partial charge in [-0.1, -0.05) is 29.8 Å². The molecule has 0 aliphatic carbocycles. The summed E-state index contributed by atoms with van der Waals surface area (Å²) in [6.45, 7) is 14.7. The van der Waals surface area contributed by atoms with Crippen LogP contribution < -0.4 is 10.2 Å². The van der Waals surface area contributed by atoms with E-state index >= 15 is 0 Å². The maximum atomic E-state index is 12.6. The molecule has 0 atom stereocenters. The number of carbonyl (C=O) groups excluding carboxylic acids is 1. The van der Waals surface area contributed by atoms with Crippen LogP contribution in [0.4, 0.5) is 11.5 Å². The number of benzene rings is 1. The van der Waals surface area contributed by atoms with Gasteiger partial charge in [-0.3, -0.25) is 14.7 Å². The number of hydrogen-bond acceptors (Lipinski definition) is 4. The van der Waals surface area contributed by atoms with Crippen LogP contribution in [0.1, 0.15) is 36.0 Å². The summed E-state index contributed by atoms with van der Waals surface area (Å²) in [5, 5.41) is 3.16. The van der Waals surface area contributed by atoms with Gasteiger partial charge in [-0.25, -0.2) is 4.85 Å². The van der Waals surface area contributed by atoms with E-state index in [0.29, 0.717) is 5.69 Å². The van der Waals surface area contributed by atoms with Crippen molar-refractivity contribution in [1.82, 2.24) is 15.2 Å². The first-order chi connectivity index (χ1) is 15.1. The number of anilines is 1. The number of fused-ring (bicyclic) bond motifs is 1. The normalized spacial score (nSPS) is 17.1. The Bertz CT molecular complexity index is 941. The fourth-order valence-corrected chi connectivity index (χ4v) is 4.59. The average molecular weight is 418 g/mol. The van der Waals surface area contributed by atoms with Crippen molar-refractivity contribution >= 4 is 17.4 Å². The molecule has 1 fully saturated rings. The minimum atomic E-state index is 0.0869. The zero-order chi connectivity index (χ0) is 21.6. The number of rotatable bonds is 6. The van der Waals surface area contributed by atoms with Crippen LogP contribution >= 0.6 is 0 Å². The molecule has 0 bridgehead atoms. The standard InChI is InChI=1S/C25H31N5O/c1-19-4-5-22-18-29(13-8-21(22)16-19)12-3-11-27-25(31)20-9-14-30(15-10-20)24-7-6-23(26-2)17-28-24/h4-7,16-17,20H,3,8-15,18H2,1H3,(H,27,31). The number of nitrogens with one attached hydrogen (secondary N) is 1. The molecule has 0 saturated carbocycles. The summed E-state index contributed by atoms with van der Waals surface area (Å²) in [5.41, 5.74) is 4.84. The number of nitrogens with zero attached hydrogens (tertiary/aromatic N) is 4. The quantitative estimate of drug-likeness (QED) is 0.575. The highest BCUT2D eigenvalue weighted by Gasteiger charge is 2.25. The number of aromatic nitrogens is 1. The molecular formula is C25H31N5O. The maximum absolute atomic E-state index is 12.6. The monoisotopic (exact) mass is 417 g/mol. The van der Waals surface area contributed by atoms with Gasteiger partial charge in [0.25, 0.3) is 0 Å². The van der Waals surface area contributed by atoms with Gasteiger partial charge in [-0.15, -0.1) is 0 Å². The summed E-state index contributed by atoms with van der Waals surface area (Å²) in [4.78, 5) is 25.0. The van der Waals surface area contributed by atoms with Crippen molar-refractivity contribution in [2.24, 2.45) is 5.92 Å². The van der Waals surface area contributed by atoms with E-state index in [4.69, 9.17) is 6.57 Å². The number of hydrogen-bond donors (Lipinski definition) is 1. The summed E-state index contributed by atoms with van der Waals surface area (Å²) in [5.74, 6) is 1.17. The van der Waals surface area contributed by atoms with Gasteiger partial charge >= 0.3 is 0 Å². The molecule has 1 amide bonds. The third-order valence-corrected chi connectivity index (χ3v) is 6.45. The molecule has 3 heterocycles. The number of piperidine rings is 1. The van der Waals surface area contributed by atoms with Crippen molar-refractivity contribution in [2.75, 3.05) is 37.6 Å². The predicted molar refractivity (Wildman–Crippen MR) is 123 cm³/mol. The van der Waals surface area contributed by atoms with E-state index in [9.17, 15) is 4.79 Å². The summed E-state index contributed by atoms with van der Waals surface area (Å²) in [6, 6.07) is 10.5. The van der Waals surface area contributed by atoms with Crippen LogP contribution in [-0.4, -0.2) is 48.5 Å². The van der Waals surface area contributed by atoms with Crippen LogP contribution in [-0.2, 0) is 17.8 Å². The lowest BCUT2D eigenvalue weighted by Gasteiger charge is -2.32. The fourth-order valence-electron chi connectivity index (χ4n) is 4.59. The number of aryl methyl sites for hydroxylation is 1. The molecule has 1 aromatic carbocycles. The smallest absolute Gasteiger partial charge is 0.223 e. The van der Waals surface area contributed by atoms with Crippen molar-refractivity contribution in [2.45, 2.75) is 39.2 Å². The minimum Gasteiger partial charge on any atom is -0.357 e. The zero-order valence-corrected chi connectivity index (χ0v) is 18.3. The first kappa shape index (κ1) is 21.3. The highest BCUT2D eigenvalue weighted by Crippen LogP contribution is 2.24. The molecule has 6 nitrogen and oxygen atoms in total. The first-order valence-electron chi connectivity index (χ1n) is 11.3. The summed E-state index contributed by atoms with van der Waals surface area (Å²) in [6.07, 6.45) is 5.42. The molecule has 31 heavy (non-hydrogen) atoms. The molecule has 0 unspecified atom stereocenters. The van der Waals surface area contributed by atoms with Gasteiger partial charge in [-0.2, -0.15) is 0 Å². The lowest BCUT2D eigenvalue weighted by molar-refractivity contribution is -0.125. The van der Waals surface area contributed by atoms with E-state index < -0.39 is 0 Å². The Kier molecular flexibility index (Phi) is 6.83. The molecule has 1 aromatic heterocycles. The first-order valence-corrected chi connectivity index (χ1v) is 11.3. The molecule has 0 radical (unpaired) electrons. The second-order valence-electron chi connectivity index (χ2n) is 8.69. The van der Waals surface area contributed by atoms with Gasteiger partial charge in [0.2, 0.25) is 11.6 Å². The highest BCUT2D eigenvalue weighted by molar-refractivity contribution is 5.78. The molecule has 4 rings (SSSR count). The predicted octanol–water partition coefficient (Wildman–Crippen LogP) is 3.72. The van der Waals surface area contributed by atoms with Crippen LogP contribution in [0, 0.1) is 19.4 Å². The Morgan fingerprint density at radius 2 is 2.03 bits per heavy atom. The third-order valence-electron chi connectivity index (χ3n) is 6.45. The van der Waals surface area contributed by atoms with E-state index in [0.717, 1.165) is 70.8 Å². The number of amides is 1. The lowest BCUT2D eigenvalue weighted by atomic mass is 9.96. The summed E-state index contributed by atoms with van der Waals surface area (Å²) < 4.78 is 0. The van der Waals surface area contributed by atoms with Crippen LogP contribution in [0.3, 0.4) is 0 Å². The fraction of sp³-hybridized carbons (Fsp3) is 0.480. The summed E-state index contributed by atoms with van der Waals surface area (Å²) in [7, 11) is 0. The Morgan fingerprint density at radius 3 is 2.77 bits per heavy atom. The van der Waals surface area contributed by atoms with Crippen LogP contribution in [0.2, 0.25) is 0 Å². The number of carbonyl (C=O) groups is 1. The van der Waals surface area contributed by atoms with Gasteiger partial charge in [0, 0.05) is 51.4 Å². The van der Waals surface area contributed by atoms with Crippen molar-refractivity contribution in [3.63, 3.8) is 0 Å².